The van der Waals surface area contributed by atoms with E-state index in [-0.39, 0.29) is 16.8 Å². The van der Waals surface area contributed by atoms with Gasteiger partial charge in [-0.05, 0) is 63.3 Å². The van der Waals surface area contributed by atoms with E-state index in [4.69, 9.17) is 25.8 Å². The van der Waals surface area contributed by atoms with Crippen molar-refractivity contribution >= 4 is 45.5 Å². The van der Waals surface area contributed by atoms with Gasteiger partial charge in [0.15, 0.2) is 16.7 Å². The number of amides is 1. The Kier molecular flexibility index (Phi) is 9.14. The summed E-state index contributed by atoms with van der Waals surface area (Å²) >= 11 is 6.38. The lowest BCUT2D eigenvalue weighted by Crippen LogP contribution is -2.15. The molecule has 2 aromatic carbocycles. The Morgan fingerprint density at radius 3 is 2.62 bits per heavy atom. The highest BCUT2D eigenvalue weighted by Gasteiger charge is 2.17. The van der Waals surface area contributed by atoms with E-state index in [2.05, 4.69) is 20.8 Å². The number of aromatic nitrogens is 2. The quantitative estimate of drug-likeness (QED) is 0.299. The molecule has 4 rings (SSSR count). The van der Waals surface area contributed by atoms with Crippen LogP contribution in [0.1, 0.15) is 33.1 Å². The van der Waals surface area contributed by atoms with Crippen LogP contribution in [0.2, 0.25) is 5.15 Å². The lowest BCUT2D eigenvalue weighted by atomic mass is 9.96. The zero-order valence-electron chi connectivity index (χ0n) is 20.9. The third-order valence-electron chi connectivity index (χ3n) is 5.96. The molecule has 0 aliphatic carbocycles. The molecule has 1 saturated heterocycles. The molecule has 1 amide bonds. The van der Waals surface area contributed by atoms with E-state index in [0.717, 1.165) is 32.5 Å². The molecule has 0 spiro atoms. The van der Waals surface area contributed by atoms with Crippen LogP contribution < -0.4 is 20.1 Å². The van der Waals surface area contributed by atoms with Crippen molar-refractivity contribution < 1.29 is 23.4 Å². The largest absolute Gasteiger partial charge is 0.492 e. The number of nitrogens with zero attached hydrogens (tertiary/aromatic N) is 2. The van der Waals surface area contributed by atoms with Gasteiger partial charge in [-0.1, -0.05) is 17.7 Å². The molecule has 0 radical (unpaired) electrons. The summed E-state index contributed by atoms with van der Waals surface area (Å²) in [7, 11) is 0. The summed E-state index contributed by atoms with van der Waals surface area (Å²) in [5.41, 5.74) is 1.83. The van der Waals surface area contributed by atoms with Crippen LogP contribution in [-0.2, 0) is 9.53 Å². The summed E-state index contributed by atoms with van der Waals surface area (Å²) in [6.45, 7) is 5.93. The highest BCUT2D eigenvalue weighted by Crippen LogP contribution is 2.37. The number of carbonyl (C=O) groups is 1. The zero-order valence-corrected chi connectivity index (χ0v) is 21.6. The minimum absolute atomic E-state index is 0.0968. The number of nitrogens with one attached hydrogen (secondary N) is 2. The minimum Gasteiger partial charge on any atom is -0.492 e. The molecule has 37 heavy (non-hydrogen) atoms. The van der Waals surface area contributed by atoms with E-state index in [1.165, 1.54) is 18.2 Å². The third kappa shape index (κ3) is 6.87. The topological polar surface area (TPSA) is 94.6 Å². The maximum absolute atomic E-state index is 14.4. The molecule has 1 aliphatic heterocycles. The number of ether oxygens (including phenoxy) is 3. The molecule has 2 heterocycles. The molecule has 1 aliphatic rings. The van der Waals surface area contributed by atoms with Gasteiger partial charge in [-0.3, -0.25) is 4.79 Å². The highest BCUT2D eigenvalue weighted by atomic mass is 35.5. The van der Waals surface area contributed by atoms with Crippen LogP contribution >= 0.6 is 11.6 Å². The molecule has 1 fully saturated rings. The first-order valence-electron chi connectivity index (χ1n) is 12.4. The van der Waals surface area contributed by atoms with Crippen molar-refractivity contribution in [3.05, 3.63) is 53.5 Å². The summed E-state index contributed by atoms with van der Waals surface area (Å²) in [5, 5.41) is 14.9. The Balaban J connectivity index is 1.60. The Morgan fingerprint density at radius 2 is 1.89 bits per heavy atom. The molecular weight excluding hydrogens is 499 g/mol. The van der Waals surface area contributed by atoms with E-state index in [1.54, 1.807) is 25.1 Å². The van der Waals surface area contributed by atoms with Crippen LogP contribution in [0.4, 0.5) is 21.5 Å². The van der Waals surface area contributed by atoms with Crippen molar-refractivity contribution in [2.45, 2.75) is 33.1 Å². The first-order chi connectivity index (χ1) is 18.0. The monoisotopic (exact) mass is 528 g/mol. The standard InChI is InChI=1S/C27H30ClFN4O4/c1-3-36-23-9-8-18(14-20(23)29)30-26-19-15-22(24(37-4-2)16-21(19)32-33-27(26)28)31-25(34)7-5-6-17-10-12-35-13-11-17/h5,7-9,14-17H,3-4,6,10-13H2,1-2H3,(H,30,32)(H,31,34)/b7-5+. The number of allylic oxidation sites excluding steroid dienone is 1. The number of hydrogen-bond donors (Lipinski definition) is 2. The normalized spacial score (nSPS) is 14.2. The van der Waals surface area contributed by atoms with E-state index >= 15 is 0 Å². The molecule has 3 aromatic rings. The van der Waals surface area contributed by atoms with Crippen LogP contribution in [0.3, 0.4) is 0 Å². The van der Waals surface area contributed by atoms with Gasteiger partial charge in [0, 0.05) is 36.4 Å². The fourth-order valence-electron chi connectivity index (χ4n) is 4.12. The summed E-state index contributed by atoms with van der Waals surface area (Å²) in [6.07, 6.45) is 6.25. The average Bonchev–Trinajstić information content (AvgIpc) is 2.89. The molecule has 0 atom stereocenters. The fraction of sp³-hybridized carbons (Fsp3) is 0.370. The second kappa shape index (κ2) is 12.7. The van der Waals surface area contributed by atoms with Gasteiger partial charge in [0.2, 0.25) is 5.91 Å². The smallest absolute Gasteiger partial charge is 0.248 e. The maximum atomic E-state index is 14.4. The Hall–Kier alpha value is -3.43. The van der Waals surface area contributed by atoms with Crippen LogP contribution in [0.25, 0.3) is 10.9 Å². The SMILES string of the molecule is CCOc1ccc(Nc2c(Cl)nnc3cc(OCC)c(NC(=O)/C=C/CC4CCOCC4)cc23)cc1F. The van der Waals surface area contributed by atoms with Crippen LogP contribution in [0.15, 0.2) is 42.5 Å². The number of fused-ring (bicyclic) bond motifs is 1. The summed E-state index contributed by atoms with van der Waals surface area (Å²) in [6, 6.07) is 7.94. The summed E-state index contributed by atoms with van der Waals surface area (Å²) < 4.78 is 30.8. The highest BCUT2D eigenvalue weighted by molar-refractivity contribution is 6.33. The number of rotatable bonds is 10. The second-order valence-corrected chi connectivity index (χ2v) is 8.91. The Labute approximate surface area is 220 Å². The van der Waals surface area contributed by atoms with E-state index < -0.39 is 5.82 Å². The second-order valence-electron chi connectivity index (χ2n) is 8.55. The molecule has 10 heteroatoms. The van der Waals surface area contributed by atoms with Crippen LogP contribution in [-0.4, -0.2) is 42.5 Å². The van der Waals surface area contributed by atoms with Gasteiger partial charge in [0.1, 0.15) is 5.75 Å². The van der Waals surface area contributed by atoms with Crippen molar-refractivity contribution in [2.75, 3.05) is 37.1 Å². The van der Waals surface area contributed by atoms with Gasteiger partial charge in [0.05, 0.1) is 30.1 Å². The zero-order chi connectivity index (χ0) is 26.2. The van der Waals surface area contributed by atoms with Gasteiger partial charge >= 0.3 is 0 Å². The van der Waals surface area contributed by atoms with Crippen molar-refractivity contribution in [2.24, 2.45) is 5.92 Å². The predicted molar refractivity (Wildman–Crippen MR) is 142 cm³/mol. The lowest BCUT2D eigenvalue weighted by Gasteiger charge is -2.20. The average molecular weight is 529 g/mol. The Morgan fingerprint density at radius 1 is 1.14 bits per heavy atom. The summed E-state index contributed by atoms with van der Waals surface area (Å²) in [4.78, 5) is 12.7. The van der Waals surface area contributed by atoms with E-state index in [1.807, 2.05) is 13.0 Å². The first kappa shape index (κ1) is 26.6. The Bertz CT molecular complexity index is 1280. The number of halogens is 2. The maximum Gasteiger partial charge on any atom is 0.248 e. The first-order valence-corrected chi connectivity index (χ1v) is 12.7. The molecule has 2 N–H and O–H groups in total. The van der Waals surface area contributed by atoms with Gasteiger partial charge in [-0.25, -0.2) is 4.39 Å². The molecule has 0 unspecified atom stereocenters. The van der Waals surface area contributed by atoms with Crippen molar-refractivity contribution in [3.8, 4) is 11.5 Å². The van der Waals surface area contributed by atoms with Gasteiger partial charge in [-0.2, -0.15) is 0 Å². The molecule has 0 bridgehead atoms. The van der Waals surface area contributed by atoms with Gasteiger partial charge in [-0.15, -0.1) is 10.2 Å². The van der Waals surface area contributed by atoms with Crippen molar-refractivity contribution in [3.63, 3.8) is 0 Å². The molecular formula is C27H30ClFN4O4. The van der Waals surface area contributed by atoms with Crippen molar-refractivity contribution in [1.82, 2.24) is 10.2 Å². The minimum atomic E-state index is -0.506. The van der Waals surface area contributed by atoms with Crippen LogP contribution in [0.5, 0.6) is 11.5 Å². The van der Waals surface area contributed by atoms with Crippen LogP contribution in [0, 0.1) is 11.7 Å². The number of anilines is 3. The van der Waals surface area contributed by atoms with E-state index in [9.17, 15) is 9.18 Å². The van der Waals surface area contributed by atoms with Crippen molar-refractivity contribution in [1.29, 1.82) is 0 Å². The molecule has 8 nitrogen and oxygen atoms in total. The molecule has 0 saturated carbocycles. The van der Waals surface area contributed by atoms with Gasteiger partial charge < -0.3 is 24.8 Å². The number of carbonyl (C=O) groups excluding carboxylic acids is 1. The fourth-order valence-corrected chi connectivity index (χ4v) is 4.31. The number of hydrogen-bond acceptors (Lipinski definition) is 7. The molecule has 196 valence electrons. The number of benzene rings is 2. The third-order valence-corrected chi connectivity index (χ3v) is 6.22. The summed E-state index contributed by atoms with van der Waals surface area (Å²) in [5.74, 6) is 0.361. The lowest BCUT2D eigenvalue weighted by molar-refractivity contribution is -0.111. The van der Waals surface area contributed by atoms with E-state index in [0.29, 0.717) is 52.8 Å². The molecule has 1 aromatic heterocycles. The van der Waals surface area contributed by atoms with Gasteiger partial charge in [0.25, 0.3) is 0 Å². The predicted octanol–water partition coefficient (Wildman–Crippen LogP) is 6.27.